The standard InChI is InChI=1S/C10H20N2/c1-3-10-11(2)12(10)9-7-5-4-6-8-9/h9-10H,3-8H2,1-2H3/t10-,11?,12?/m0/s1. The first-order chi connectivity index (χ1) is 5.84. The van der Waals surface area contributed by atoms with Gasteiger partial charge in [0.2, 0.25) is 0 Å². The maximum atomic E-state index is 2.58. The van der Waals surface area contributed by atoms with Gasteiger partial charge in [0, 0.05) is 13.1 Å². The predicted molar refractivity (Wildman–Crippen MR) is 50.6 cm³/mol. The molecule has 0 aromatic heterocycles. The molecule has 0 spiro atoms. The molecule has 2 rings (SSSR count). The number of hydrogen-bond donors (Lipinski definition) is 0. The highest BCUT2D eigenvalue weighted by molar-refractivity contribution is 4.87. The van der Waals surface area contributed by atoms with Crippen LogP contribution in [0.1, 0.15) is 45.4 Å². The van der Waals surface area contributed by atoms with Crippen molar-refractivity contribution < 1.29 is 0 Å². The van der Waals surface area contributed by atoms with Gasteiger partial charge >= 0.3 is 0 Å². The molecular formula is C10H20N2. The summed E-state index contributed by atoms with van der Waals surface area (Å²) in [5, 5.41) is 5.00. The number of nitrogens with zero attached hydrogens (tertiary/aromatic N) is 2. The quantitative estimate of drug-likeness (QED) is 0.583. The van der Waals surface area contributed by atoms with Crippen LogP contribution >= 0.6 is 0 Å². The molecule has 0 bridgehead atoms. The fraction of sp³-hybridized carbons (Fsp3) is 1.00. The number of rotatable bonds is 2. The topological polar surface area (TPSA) is 6.02 Å². The van der Waals surface area contributed by atoms with Gasteiger partial charge in [0.05, 0.1) is 6.17 Å². The fourth-order valence-corrected chi connectivity index (χ4v) is 2.62. The van der Waals surface area contributed by atoms with Crippen LogP contribution in [0, 0.1) is 0 Å². The second kappa shape index (κ2) is 3.35. The molecule has 2 aliphatic rings. The average molecular weight is 168 g/mol. The van der Waals surface area contributed by atoms with Gasteiger partial charge in [0.15, 0.2) is 0 Å². The van der Waals surface area contributed by atoms with Crippen molar-refractivity contribution in [2.75, 3.05) is 7.05 Å². The van der Waals surface area contributed by atoms with Crippen molar-refractivity contribution in [3.05, 3.63) is 0 Å². The molecule has 1 saturated heterocycles. The monoisotopic (exact) mass is 168 g/mol. The molecule has 2 fully saturated rings. The minimum atomic E-state index is 0.771. The molecule has 0 amide bonds. The zero-order valence-electron chi connectivity index (χ0n) is 8.29. The van der Waals surface area contributed by atoms with E-state index in [4.69, 9.17) is 0 Å². The van der Waals surface area contributed by atoms with Gasteiger partial charge in [-0.1, -0.05) is 26.2 Å². The average Bonchev–Trinajstić information content (AvgIpc) is 2.78. The summed E-state index contributed by atoms with van der Waals surface area (Å²) in [6.07, 6.45) is 9.28. The van der Waals surface area contributed by atoms with Gasteiger partial charge in [-0.15, -0.1) is 0 Å². The van der Waals surface area contributed by atoms with E-state index in [1.54, 1.807) is 0 Å². The van der Waals surface area contributed by atoms with Gasteiger partial charge in [-0.2, -0.15) is 0 Å². The van der Waals surface area contributed by atoms with Gasteiger partial charge in [0.1, 0.15) is 0 Å². The number of hydrazine groups is 1. The van der Waals surface area contributed by atoms with Crippen LogP contribution in [0.4, 0.5) is 0 Å². The van der Waals surface area contributed by atoms with Crippen molar-refractivity contribution in [3.63, 3.8) is 0 Å². The van der Waals surface area contributed by atoms with Crippen molar-refractivity contribution in [2.24, 2.45) is 0 Å². The molecule has 0 aromatic carbocycles. The van der Waals surface area contributed by atoms with Crippen molar-refractivity contribution in [1.82, 2.24) is 10.0 Å². The molecule has 1 saturated carbocycles. The van der Waals surface area contributed by atoms with Crippen LogP contribution in [0.5, 0.6) is 0 Å². The van der Waals surface area contributed by atoms with Crippen molar-refractivity contribution in [3.8, 4) is 0 Å². The largest absolute Gasteiger partial charge is 0.224 e. The molecular weight excluding hydrogens is 148 g/mol. The van der Waals surface area contributed by atoms with Crippen molar-refractivity contribution in [2.45, 2.75) is 57.7 Å². The van der Waals surface area contributed by atoms with E-state index in [2.05, 4.69) is 24.0 Å². The van der Waals surface area contributed by atoms with Crippen LogP contribution in [0.15, 0.2) is 0 Å². The van der Waals surface area contributed by atoms with E-state index in [1.807, 2.05) is 0 Å². The predicted octanol–water partition coefficient (Wildman–Crippen LogP) is 2.22. The third-order valence-corrected chi connectivity index (χ3v) is 3.36. The van der Waals surface area contributed by atoms with Gasteiger partial charge in [-0.3, -0.25) is 0 Å². The van der Waals surface area contributed by atoms with Gasteiger partial charge in [-0.25, -0.2) is 10.0 Å². The van der Waals surface area contributed by atoms with Crippen molar-refractivity contribution in [1.29, 1.82) is 0 Å². The second-order valence-corrected chi connectivity index (χ2v) is 4.13. The van der Waals surface area contributed by atoms with Gasteiger partial charge in [0.25, 0.3) is 0 Å². The summed E-state index contributed by atoms with van der Waals surface area (Å²) in [4.78, 5) is 0. The Hall–Kier alpha value is -0.0800. The number of hydrogen-bond acceptors (Lipinski definition) is 2. The zero-order chi connectivity index (χ0) is 8.55. The van der Waals surface area contributed by atoms with Gasteiger partial charge in [-0.05, 0) is 19.3 Å². The molecule has 1 heterocycles. The Balaban J connectivity index is 1.85. The molecule has 1 aliphatic carbocycles. The van der Waals surface area contributed by atoms with E-state index < -0.39 is 0 Å². The molecule has 0 aromatic rings. The van der Waals surface area contributed by atoms with Gasteiger partial charge < -0.3 is 0 Å². The fourth-order valence-electron chi connectivity index (χ4n) is 2.62. The molecule has 2 nitrogen and oxygen atoms in total. The summed E-state index contributed by atoms with van der Waals surface area (Å²) in [6, 6.07) is 0.883. The third-order valence-electron chi connectivity index (χ3n) is 3.36. The summed E-state index contributed by atoms with van der Waals surface area (Å²) < 4.78 is 0. The molecule has 3 atom stereocenters. The van der Waals surface area contributed by atoms with Crippen LogP contribution < -0.4 is 0 Å². The van der Waals surface area contributed by atoms with E-state index in [-0.39, 0.29) is 0 Å². The van der Waals surface area contributed by atoms with Crippen LogP contribution in [0.25, 0.3) is 0 Å². The Morgan fingerprint density at radius 2 is 1.83 bits per heavy atom. The smallest absolute Gasteiger partial charge is 0.0891 e. The van der Waals surface area contributed by atoms with Crippen molar-refractivity contribution >= 4 is 0 Å². The molecule has 2 unspecified atom stereocenters. The summed E-state index contributed by atoms with van der Waals surface area (Å²) >= 11 is 0. The first-order valence-electron chi connectivity index (χ1n) is 5.35. The lowest BCUT2D eigenvalue weighted by molar-refractivity contribution is 0.210. The maximum Gasteiger partial charge on any atom is 0.0891 e. The van der Waals surface area contributed by atoms with Crippen LogP contribution in [0.2, 0.25) is 0 Å². The lowest BCUT2D eigenvalue weighted by Gasteiger charge is -2.22. The molecule has 70 valence electrons. The van der Waals surface area contributed by atoms with E-state index in [0.717, 1.165) is 12.2 Å². The Kier molecular flexibility index (Phi) is 2.37. The summed E-state index contributed by atoms with van der Waals surface area (Å²) in [7, 11) is 2.22. The minimum Gasteiger partial charge on any atom is -0.224 e. The summed E-state index contributed by atoms with van der Waals surface area (Å²) in [5.41, 5.74) is 0. The lowest BCUT2D eigenvalue weighted by atomic mass is 9.95. The van der Waals surface area contributed by atoms with E-state index in [1.165, 1.54) is 38.5 Å². The SMILES string of the molecule is CC[C@H]1N(C)N1C1CCCCC1. The molecule has 12 heavy (non-hydrogen) atoms. The Morgan fingerprint density at radius 3 is 2.33 bits per heavy atom. The zero-order valence-corrected chi connectivity index (χ0v) is 8.29. The molecule has 2 heteroatoms. The highest BCUT2D eigenvalue weighted by Gasteiger charge is 2.44. The highest BCUT2D eigenvalue weighted by atomic mass is 15.9. The Labute approximate surface area is 75.5 Å². The first kappa shape index (κ1) is 8.52. The molecule has 1 aliphatic heterocycles. The van der Waals surface area contributed by atoms with Crippen LogP contribution in [-0.4, -0.2) is 29.3 Å². The summed E-state index contributed by atoms with van der Waals surface area (Å²) in [6.45, 7) is 2.28. The first-order valence-corrected chi connectivity index (χ1v) is 5.35. The second-order valence-electron chi connectivity index (χ2n) is 4.13. The minimum absolute atomic E-state index is 0.771. The Morgan fingerprint density at radius 1 is 1.17 bits per heavy atom. The Bertz CT molecular complexity index is 152. The highest BCUT2D eigenvalue weighted by Crippen LogP contribution is 2.35. The van der Waals surface area contributed by atoms with Crippen LogP contribution in [0.3, 0.4) is 0 Å². The maximum absolute atomic E-state index is 2.58. The lowest BCUT2D eigenvalue weighted by Crippen LogP contribution is -2.24. The van der Waals surface area contributed by atoms with E-state index in [0.29, 0.717) is 0 Å². The molecule has 0 N–H and O–H groups in total. The molecule has 0 radical (unpaired) electrons. The third kappa shape index (κ3) is 1.38. The van der Waals surface area contributed by atoms with E-state index >= 15 is 0 Å². The van der Waals surface area contributed by atoms with E-state index in [9.17, 15) is 0 Å². The van der Waals surface area contributed by atoms with Crippen LogP contribution in [-0.2, 0) is 0 Å². The normalized spacial score (nSPS) is 43.0. The summed E-state index contributed by atoms with van der Waals surface area (Å²) in [5.74, 6) is 0.